The van der Waals surface area contributed by atoms with Crippen LogP contribution in [0.25, 0.3) is 11.1 Å². The van der Waals surface area contributed by atoms with E-state index in [1.54, 1.807) is 0 Å². The highest BCUT2D eigenvalue weighted by molar-refractivity contribution is 7.89. The van der Waals surface area contributed by atoms with Gasteiger partial charge in [0.1, 0.15) is 17.5 Å². The van der Waals surface area contributed by atoms with E-state index in [1.807, 2.05) is 0 Å². The monoisotopic (exact) mass is 599 g/mol. The fraction of sp³-hybridized carbons (Fsp3) is 0.360. The minimum atomic E-state index is -5.04. The van der Waals surface area contributed by atoms with Crippen LogP contribution < -0.4 is 15.2 Å². The van der Waals surface area contributed by atoms with Crippen molar-refractivity contribution < 1.29 is 45.0 Å². The Labute approximate surface area is 231 Å². The SMILES string of the molecule is CS(=O)(=O)Cn1cc(-c2cnc(OC3CCN(C(=O)Cc4ccc(OC(F)(F)F)c(F)c4)CC3)c(C(N)=O)c2)cn1. The van der Waals surface area contributed by atoms with Crippen LogP contribution in [0.4, 0.5) is 17.6 Å². The minimum absolute atomic E-state index is 0.00574. The average Bonchev–Trinajstić information content (AvgIpc) is 3.32. The first-order valence-corrected chi connectivity index (χ1v) is 14.2. The van der Waals surface area contributed by atoms with Gasteiger partial charge in [0.25, 0.3) is 5.91 Å². The molecular formula is C25H25F4N5O6S. The zero-order valence-electron chi connectivity index (χ0n) is 21.6. The molecule has 1 aliphatic heterocycles. The van der Waals surface area contributed by atoms with Crippen LogP contribution in [0.2, 0.25) is 0 Å². The summed E-state index contributed by atoms with van der Waals surface area (Å²) in [5, 5.41) is 4.00. The number of primary amides is 1. The summed E-state index contributed by atoms with van der Waals surface area (Å²) >= 11 is 0. The van der Waals surface area contributed by atoms with Gasteiger partial charge in [-0.1, -0.05) is 6.07 Å². The third kappa shape index (κ3) is 8.15. The molecule has 1 fully saturated rings. The van der Waals surface area contributed by atoms with Crippen LogP contribution in [-0.2, 0) is 26.9 Å². The number of nitrogens with zero attached hydrogens (tertiary/aromatic N) is 4. The average molecular weight is 600 g/mol. The number of aromatic nitrogens is 3. The van der Waals surface area contributed by atoms with Gasteiger partial charge in [0.15, 0.2) is 21.4 Å². The Kier molecular flexibility index (Phi) is 8.51. The number of piperidine rings is 1. The molecule has 0 spiro atoms. The molecular weight excluding hydrogens is 574 g/mol. The number of carbonyl (C=O) groups is 2. The molecule has 41 heavy (non-hydrogen) atoms. The molecule has 0 unspecified atom stereocenters. The van der Waals surface area contributed by atoms with Crippen molar-refractivity contribution in [2.75, 3.05) is 19.3 Å². The summed E-state index contributed by atoms with van der Waals surface area (Å²) in [6.45, 7) is 0.565. The Morgan fingerprint density at radius 3 is 2.44 bits per heavy atom. The lowest BCUT2D eigenvalue weighted by Crippen LogP contribution is -2.42. The number of rotatable bonds is 9. The maximum Gasteiger partial charge on any atom is 0.573 e. The second-order valence-electron chi connectivity index (χ2n) is 9.45. The van der Waals surface area contributed by atoms with Gasteiger partial charge in [-0.05, 0) is 23.8 Å². The van der Waals surface area contributed by atoms with E-state index in [0.29, 0.717) is 24.0 Å². The molecule has 3 heterocycles. The number of ether oxygens (including phenoxy) is 2. The van der Waals surface area contributed by atoms with Crippen LogP contribution in [0.5, 0.6) is 11.6 Å². The highest BCUT2D eigenvalue weighted by Crippen LogP contribution is 2.28. The first-order valence-electron chi connectivity index (χ1n) is 12.2. The van der Waals surface area contributed by atoms with Gasteiger partial charge in [0.05, 0.1) is 12.6 Å². The predicted molar refractivity (Wildman–Crippen MR) is 136 cm³/mol. The summed E-state index contributed by atoms with van der Waals surface area (Å²) in [6.07, 6.45) is 0.561. The van der Waals surface area contributed by atoms with Gasteiger partial charge < -0.3 is 20.1 Å². The summed E-state index contributed by atoms with van der Waals surface area (Å²) in [5.41, 5.74) is 6.73. The molecule has 2 N–H and O–H groups in total. The molecule has 0 bridgehead atoms. The number of nitrogens with two attached hydrogens (primary N) is 1. The highest BCUT2D eigenvalue weighted by atomic mass is 32.2. The Morgan fingerprint density at radius 1 is 1.12 bits per heavy atom. The van der Waals surface area contributed by atoms with Gasteiger partial charge in [-0.3, -0.25) is 14.3 Å². The van der Waals surface area contributed by atoms with E-state index in [1.165, 1.54) is 40.3 Å². The second kappa shape index (κ2) is 11.7. The van der Waals surface area contributed by atoms with Gasteiger partial charge in [0.2, 0.25) is 11.8 Å². The number of benzene rings is 1. The smallest absolute Gasteiger partial charge is 0.474 e. The number of hydrogen-bond acceptors (Lipinski definition) is 8. The molecule has 16 heteroatoms. The van der Waals surface area contributed by atoms with Crippen molar-refractivity contribution in [1.82, 2.24) is 19.7 Å². The molecule has 2 amide bonds. The maximum absolute atomic E-state index is 14.0. The van der Waals surface area contributed by atoms with Gasteiger partial charge >= 0.3 is 6.36 Å². The number of sulfone groups is 1. The van der Waals surface area contributed by atoms with Crippen molar-refractivity contribution >= 4 is 21.7 Å². The van der Waals surface area contributed by atoms with Crippen molar-refractivity contribution in [3.8, 4) is 22.8 Å². The second-order valence-corrected chi connectivity index (χ2v) is 11.6. The molecule has 220 valence electrons. The molecule has 2 aromatic heterocycles. The van der Waals surface area contributed by atoms with E-state index in [9.17, 15) is 35.6 Å². The van der Waals surface area contributed by atoms with Gasteiger partial charge in [-0.2, -0.15) is 5.10 Å². The lowest BCUT2D eigenvalue weighted by Gasteiger charge is -2.32. The van der Waals surface area contributed by atoms with Crippen molar-refractivity contribution in [1.29, 1.82) is 0 Å². The van der Waals surface area contributed by atoms with E-state index < -0.39 is 39.8 Å². The third-order valence-corrected chi connectivity index (χ3v) is 6.83. The van der Waals surface area contributed by atoms with Crippen molar-refractivity contribution in [2.24, 2.45) is 5.73 Å². The van der Waals surface area contributed by atoms with Gasteiger partial charge in [-0.15, -0.1) is 13.2 Å². The van der Waals surface area contributed by atoms with Crippen LogP contribution in [0.3, 0.4) is 0 Å². The number of amides is 2. The summed E-state index contributed by atoms with van der Waals surface area (Å²) in [7, 11) is -3.31. The Morgan fingerprint density at radius 2 is 1.83 bits per heavy atom. The van der Waals surface area contributed by atoms with Crippen LogP contribution in [0.1, 0.15) is 28.8 Å². The predicted octanol–water partition coefficient (Wildman–Crippen LogP) is 2.70. The molecule has 1 saturated heterocycles. The number of pyridine rings is 1. The molecule has 0 aliphatic carbocycles. The number of likely N-dealkylation sites (tertiary alicyclic amines) is 1. The normalized spacial score (nSPS) is 14.6. The molecule has 11 nitrogen and oxygen atoms in total. The fourth-order valence-corrected chi connectivity index (χ4v) is 4.85. The fourth-order valence-electron chi connectivity index (χ4n) is 4.23. The Hall–Kier alpha value is -4.21. The first kappa shape index (κ1) is 29.8. The largest absolute Gasteiger partial charge is 0.573 e. The maximum atomic E-state index is 14.0. The molecule has 1 aromatic carbocycles. The highest BCUT2D eigenvalue weighted by Gasteiger charge is 2.32. The van der Waals surface area contributed by atoms with Crippen LogP contribution in [0, 0.1) is 5.82 Å². The summed E-state index contributed by atoms with van der Waals surface area (Å²) in [4.78, 5) is 30.6. The van der Waals surface area contributed by atoms with Crippen LogP contribution in [0.15, 0.2) is 42.9 Å². The van der Waals surface area contributed by atoms with E-state index in [4.69, 9.17) is 10.5 Å². The topological polar surface area (TPSA) is 147 Å². The molecule has 0 saturated carbocycles. The minimum Gasteiger partial charge on any atom is -0.474 e. The third-order valence-electron chi connectivity index (χ3n) is 6.10. The van der Waals surface area contributed by atoms with Crippen molar-refractivity contribution in [3.63, 3.8) is 0 Å². The molecule has 0 radical (unpaired) electrons. The summed E-state index contributed by atoms with van der Waals surface area (Å²) in [5.74, 6) is -3.65. The first-order chi connectivity index (χ1) is 19.2. The number of carbonyl (C=O) groups excluding carboxylic acids is 2. The van der Waals surface area contributed by atoms with Gasteiger partial charge in [-0.25, -0.2) is 17.8 Å². The van der Waals surface area contributed by atoms with E-state index >= 15 is 0 Å². The lowest BCUT2D eigenvalue weighted by molar-refractivity contribution is -0.275. The zero-order chi connectivity index (χ0) is 29.9. The number of hydrogen-bond donors (Lipinski definition) is 1. The van der Waals surface area contributed by atoms with Crippen molar-refractivity contribution in [2.45, 2.75) is 37.6 Å². The molecule has 4 rings (SSSR count). The quantitative estimate of drug-likeness (QED) is 0.370. The Balaban J connectivity index is 1.35. The molecule has 3 aromatic rings. The van der Waals surface area contributed by atoms with E-state index in [0.717, 1.165) is 18.4 Å². The summed E-state index contributed by atoms with van der Waals surface area (Å²) < 4.78 is 84.7. The lowest BCUT2D eigenvalue weighted by atomic mass is 10.1. The Bertz CT molecular complexity index is 1550. The van der Waals surface area contributed by atoms with Gasteiger partial charge in [0, 0.05) is 55.7 Å². The van der Waals surface area contributed by atoms with Crippen molar-refractivity contribution in [3.05, 3.63) is 59.8 Å². The van der Waals surface area contributed by atoms with E-state index in [-0.39, 0.29) is 48.3 Å². The zero-order valence-corrected chi connectivity index (χ0v) is 22.4. The number of halogens is 4. The molecule has 1 aliphatic rings. The van der Waals surface area contributed by atoms with Crippen LogP contribution >= 0.6 is 0 Å². The molecule has 0 atom stereocenters. The van der Waals surface area contributed by atoms with Crippen LogP contribution in [-0.4, -0.2) is 71.7 Å². The summed E-state index contributed by atoms with van der Waals surface area (Å²) in [6, 6.07) is 4.30. The van der Waals surface area contributed by atoms with E-state index in [2.05, 4.69) is 14.8 Å². The number of alkyl halides is 3. The standard InChI is InChI=1S/C25H25F4N5O6S/c1-41(37,38)14-34-13-17(12-32-34)16-10-19(23(30)36)24(31-11-16)39-18-4-6-33(7-5-18)22(35)9-15-2-3-21(20(26)8-15)40-25(27,28)29/h2-3,8,10-13,18H,4-7,9,14H2,1H3,(H2,30,36).